The van der Waals surface area contributed by atoms with Crippen molar-refractivity contribution in [3.05, 3.63) is 23.8 Å². The number of carbonyl (C=O) groups is 2. The zero-order valence-corrected chi connectivity index (χ0v) is 10.0. The molecule has 2 nitrogen and oxygen atoms in total. The van der Waals surface area contributed by atoms with Crippen molar-refractivity contribution in [3.8, 4) is 0 Å². The molecule has 1 atom stereocenters. The van der Waals surface area contributed by atoms with E-state index < -0.39 is 10.8 Å². The lowest BCUT2D eigenvalue weighted by Gasteiger charge is -2.32. The van der Waals surface area contributed by atoms with Crippen LogP contribution in [-0.4, -0.2) is 11.6 Å². The fraction of sp³-hybridized carbons (Fsp3) is 0.538. The summed E-state index contributed by atoms with van der Waals surface area (Å²) < 4.78 is 0. The maximum atomic E-state index is 12.2. The first-order valence-electron chi connectivity index (χ1n) is 5.15. The van der Waals surface area contributed by atoms with Crippen molar-refractivity contribution in [1.82, 2.24) is 0 Å². The fourth-order valence-corrected chi connectivity index (χ4v) is 1.90. The van der Waals surface area contributed by atoms with Gasteiger partial charge in [-0.2, -0.15) is 0 Å². The first kappa shape index (κ1) is 11.9. The van der Waals surface area contributed by atoms with Crippen LogP contribution in [0.1, 0.15) is 34.6 Å². The molecule has 82 valence electrons. The molecule has 15 heavy (non-hydrogen) atoms. The molecular formula is C13H18O2. The first-order valence-corrected chi connectivity index (χ1v) is 5.15. The number of hydrogen-bond donors (Lipinski definition) is 0. The summed E-state index contributed by atoms with van der Waals surface area (Å²) >= 11 is 0. The van der Waals surface area contributed by atoms with Gasteiger partial charge in [0.05, 0.1) is 0 Å². The van der Waals surface area contributed by atoms with E-state index in [9.17, 15) is 9.59 Å². The van der Waals surface area contributed by atoms with E-state index >= 15 is 0 Å². The predicted octanol–water partition coefficient (Wildman–Crippen LogP) is 2.69. The van der Waals surface area contributed by atoms with Gasteiger partial charge in [0.15, 0.2) is 11.6 Å². The smallest absolute Gasteiger partial charge is 0.175 e. The van der Waals surface area contributed by atoms with Crippen molar-refractivity contribution in [3.63, 3.8) is 0 Å². The Balaban J connectivity index is 3.15. The van der Waals surface area contributed by atoms with Gasteiger partial charge in [-0.1, -0.05) is 39.0 Å². The Morgan fingerprint density at radius 3 is 2.33 bits per heavy atom. The Morgan fingerprint density at radius 2 is 1.87 bits per heavy atom. The maximum Gasteiger partial charge on any atom is 0.175 e. The van der Waals surface area contributed by atoms with Gasteiger partial charge in [0.2, 0.25) is 0 Å². The van der Waals surface area contributed by atoms with E-state index in [4.69, 9.17) is 0 Å². The molecule has 0 saturated carbocycles. The first-order chi connectivity index (χ1) is 6.69. The van der Waals surface area contributed by atoms with Gasteiger partial charge in [-0.05, 0) is 19.4 Å². The normalized spacial score (nSPS) is 26.5. The summed E-state index contributed by atoms with van der Waals surface area (Å²) in [6.07, 6.45) is 5.25. The quantitative estimate of drug-likeness (QED) is 0.618. The number of rotatable bonds is 1. The van der Waals surface area contributed by atoms with Crippen LogP contribution in [0, 0.1) is 10.8 Å². The molecule has 1 unspecified atom stereocenters. The van der Waals surface area contributed by atoms with Gasteiger partial charge in [-0.25, -0.2) is 0 Å². The third-order valence-corrected chi connectivity index (χ3v) is 2.76. The van der Waals surface area contributed by atoms with Gasteiger partial charge in [0.1, 0.15) is 5.41 Å². The van der Waals surface area contributed by atoms with Gasteiger partial charge in [-0.15, -0.1) is 0 Å². The highest BCUT2D eigenvalue weighted by Gasteiger charge is 2.44. The molecule has 1 aliphatic carbocycles. The summed E-state index contributed by atoms with van der Waals surface area (Å²) in [6.45, 7) is 8.98. The van der Waals surface area contributed by atoms with Gasteiger partial charge in [-0.3, -0.25) is 9.59 Å². The second kappa shape index (κ2) is 3.44. The Hall–Kier alpha value is -1.18. The Bertz CT molecular complexity index is 366. The van der Waals surface area contributed by atoms with Crippen LogP contribution in [0.25, 0.3) is 0 Å². The van der Waals surface area contributed by atoms with E-state index in [1.54, 1.807) is 32.1 Å². The number of ketones is 2. The Labute approximate surface area is 91.1 Å². The van der Waals surface area contributed by atoms with Gasteiger partial charge in [0, 0.05) is 5.41 Å². The van der Waals surface area contributed by atoms with Gasteiger partial charge < -0.3 is 0 Å². The molecule has 0 aromatic heterocycles. The molecule has 0 bridgehead atoms. The van der Waals surface area contributed by atoms with Crippen molar-refractivity contribution >= 4 is 11.6 Å². The van der Waals surface area contributed by atoms with Crippen LogP contribution in [0.15, 0.2) is 23.8 Å². The molecule has 0 aliphatic heterocycles. The third-order valence-electron chi connectivity index (χ3n) is 2.76. The van der Waals surface area contributed by atoms with Crippen LogP contribution >= 0.6 is 0 Å². The molecule has 1 rings (SSSR count). The summed E-state index contributed by atoms with van der Waals surface area (Å²) in [5.74, 6) is -0.103. The largest absolute Gasteiger partial charge is 0.298 e. The van der Waals surface area contributed by atoms with E-state index in [0.29, 0.717) is 5.57 Å². The van der Waals surface area contributed by atoms with E-state index in [1.165, 1.54) is 0 Å². The molecule has 0 spiro atoms. The van der Waals surface area contributed by atoms with Crippen molar-refractivity contribution < 1.29 is 9.59 Å². The molecule has 0 amide bonds. The SMILES string of the molecule is CC1=CC=CC(C)(C(=O)C(C)(C)C)C1=O. The van der Waals surface area contributed by atoms with E-state index in [-0.39, 0.29) is 11.6 Å². The zero-order chi connectivity index (χ0) is 11.9. The Kier molecular flexibility index (Phi) is 2.73. The second-order valence-electron chi connectivity index (χ2n) is 5.32. The topological polar surface area (TPSA) is 34.1 Å². The molecule has 0 N–H and O–H groups in total. The molecule has 0 fully saturated rings. The monoisotopic (exact) mass is 206 g/mol. The summed E-state index contributed by atoms with van der Waals surface area (Å²) in [7, 11) is 0. The molecule has 0 saturated heterocycles. The van der Waals surface area contributed by atoms with E-state index in [2.05, 4.69) is 0 Å². The highest BCUT2D eigenvalue weighted by molar-refractivity contribution is 6.17. The molecule has 2 heteroatoms. The average molecular weight is 206 g/mol. The van der Waals surface area contributed by atoms with Crippen molar-refractivity contribution in [2.75, 3.05) is 0 Å². The number of allylic oxidation sites excluding steroid dienone is 4. The summed E-state index contributed by atoms with van der Waals surface area (Å²) in [6, 6.07) is 0. The molecule has 0 aromatic rings. The number of Topliss-reactive ketones (excluding diaryl/α,β-unsaturated/α-hetero) is 2. The fourth-order valence-electron chi connectivity index (χ4n) is 1.90. The average Bonchev–Trinajstić information content (AvgIpc) is 2.11. The molecule has 0 radical (unpaired) electrons. The number of hydrogen-bond acceptors (Lipinski definition) is 2. The van der Waals surface area contributed by atoms with Crippen LogP contribution in [0.3, 0.4) is 0 Å². The predicted molar refractivity (Wildman–Crippen MR) is 60.5 cm³/mol. The van der Waals surface area contributed by atoms with Crippen LogP contribution in [0.4, 0.5) is 0 Å². The zero-order valence-electron chi connectivity index (χ0n) is 10.0. The highest BCUT2D eigenvalue weighted by atomic mass is 16.2. The van der Waals surface area contributed by atoms with Gasteiger partial charge in [0.25, 0.3) is 0 Å². The van der Waals surface area contributed by atoms with Crippen LogP contribution < -0.4 is 0 Å². The minimum atomic E-state index is -0.975. The molecular weight excluding hydrogens is 188 g/mol. The van der Waals surface area contributed by atoms with Crippen LogP contribution in [-0.2, 0) is 9.59 Å². The lowest BCUT2D eigenvalue weighted by atomic mass is 9.68. The standard InChI is InChI=1S/C13H18O2/c1-9-7-6-8-13(5,10(9)14)11(15)12(2,3)4/h6-8H,1-5H3. The van der Waals surface area contributed by atoms with Crippen LogP contribution in [0.5, 0.6) is 0 Å². The second-order valence-corrected chi connectivity index (χ2v) is 5.32. The lowest BCUT2D eigenvalue weighted by molar-refractivity contribution is -0.140. The lowest BCUT2D eigenvalue weighted by Crippen LogP contribution is -2.43. The summed E-state index contributed by atoms with van der Waals surface area (Å²) in [5.41, 5.74) is -0.818. The number of carbonyl (C=O) groups excluding carboxylic acids is 2. The van der Waals surface area contributed by atoms with Crippen LogP contribution in [0.2, 0.25) is 0 Å². The van der Waals surface area contributed by atoms with E-state index in [0.717, 1.165) is 0 Å². The molecule has 0 heterocycles. The maximum absolute atomic E-state index is 12.2. The van der Waals surface area contributed by atoms with Crippen molar-refractivity contribution in [2.45, 2.75) is 34.6 Å². The molecule has 1 aliphatic rings. The third kappa shape index (κ3) is 1.94. The summed E-state index contributed by atoms with van der Waals surface area (Å²) in [5, 5.41) is 0. The van der Waals surface area contributed by atoms with Gasteiger partial charge >= 0.3 is 0 Å². The minimum Gasteiger partial charge on any atom is -0.298 e. The molecule has 0 aromatic carbocycles. The Morgan fingerprint density at radius 1 is 1.33 bits per heavy atom. The minimum absolute atomic E-state index is 0.0244. The van der Waals surface area contributed by atoms with Crippen molar-refractivity contribution in [2.24, 2.45) is 10.8 Å². The summed E-state index contributed by atoms with van der Waals surface area (Å²) in [4.78, 5) is 24.2. The highest BCUT2D eigenvalue weighted by Crippen LogP contribution is 2.35. The van der Waals surface area contributed by atoms with Crippen molar-refractivity contribution in [1.29, 1.82) is 0 Å². The van der Waals surface area contributed by atoms with E-state index in [1.807, 2.05) is 20.8 Å².